The highest BCUT2D eigenvalue weighted by atomic mass is 35.7. The third kappa shape index (κ3) is 24.1. The van der Waals surface area contributed by atoms with E-state index in [4.69, 9.17) is 33.9 Å². The molecule has 0 bridgehead atoms. The number of primary sulfonamides is 1. The van der Waals surface area contributed by atoms with Crippen LogP contribution in [0.1, 0.15) is 12.8 Å². The van der Waals surface area contributed by atoms with Crippen molar-refractivity contribution in [3.63, 3.8) is 0 Å². The van der Waals surface area contributed by atoms with Crippen LogP contribution in [0.5, 0.6) is 0 Å². The summed E-state index contributed by atoms with van der Waals surface area (Å²) in [5.74, 6) is 0.636. The number of hydrogen-bond acceptors (Lipinski definition) is 4. The molecular formula is C6H14Cl3NO4S2. The molecule has 100 valence electrons. The van der Waals surface area contributed by atoms with Crippen molar-refractivity contribution in [3.8, 4) is 0 Å². The van der Waals surface area contributed by atoms with E-state index in [1.165, 1.54) is 0 Å². The molecule has 0 radical (unpaired) electrons. The molecule has 0 spiro atoms. The number of hydrogen-bond donors (Lipinski definition) is 1. The summed E-state index contributed by atoms with van der Waals surface area (Å²) >= 11 is 10.4. The Morgan fingerprint density at radius 3 is 1.38 bits per heavy atom. The Morgan fingerprint density at radius 1 is 0.875 bits per heavy atom. The molecular weight excluding hydrogens is 321 g/mol. The summed E-state index contributed by atoms with van der Waals surface area (Å²) < 4.78 is 40.4. The van der Waals surface area contributed by atoms with Crippen LogP contribution in [0.15, 0.2) is 0 Å². The molecule has 0 unspecified atom stereocenters. The highest BCUT2D eigenvalue weighted by Gasteiger charge is 2.01. The first-order chi connectivity index (χ1) is 7.12. The van der Waals surface area contributed by atoms with Gasteiger partial charge in [0.25, 0.3) is 0 Å². The Kier molecular flexibility index (Phi) is 11.6. The van der Waals surface area contributed by atoms with Crippen LogP contribution in [-0.2, 0) is 19.1 Å². The van der Waals surface area contributed by atoms with E-state index < -0.39 is 19.1 Å². The zero-order chi connectivity index (χ0) is 13.2. The van der Waals surface area contributed by atoms with Gasteiger partial charge in [0.05, 0.1) is 11.5 Å². The number of rotatable bonds is 6. The Morgan fingerprint density at radius 2 is 1.25 bits per heavy atom. The van der Waals surface area contributed by atoms with E-state index in [0.29, 0.717) is 24.6 Å². The van der Waals surface area contributed by atoms with Gasteiger partial charge in [-0.15, -0.1) is 23.2 Å². The molecule has 0 atom stereocenters. The van der Waals surface area contributed by atoms with Crippen molar-refractivity contribution in [1.82, 2.24) is 0 Å². The predicted octanol–water partition coefficient (Wildman–Crippen LogP) is 1.09. The van der Waals surface area contributed by atoms with Crippen LogP contribution in [0.25, 0.3) is 0 Å². The summed E-state index contributed by atoms with van der Waals surface area (Å²) in [6, 6.07) is 0. The van der Waals surface area contributed by atoms with Crippen molar-refractivity contribution in [2.24, 2.45) is 5.14 Å². The van der Waals surface area contributed by atoms with E-state index in [0.717, 1.165) is 0 Å². The van der Waals surface area contributed by atoms with E-state index in [2.05, 4.69) is 5.14 Å². The lowest BCUT2D eigenvalue weighted by Crippen LogP contribution is -2.16. The van der Waals surface area contributed by atoms with Gasteiger partial charge in [-0.05, 0) is 12.8 Å². The highest BCUT2D eigenvalue weighted by molar-refractivity contribution is 8.13. The Balaban J connectivity index is 0. The third-order valence-corrected chi connectivity index (χ3v) is 3.72. The van der Waals surface area contributed by atoms with E-state index in [1.807, 2.05) is 0 Å². The topological polar surface area (TPSA) is 94.3 Å². The molecule has 0 saturated heterocycles. The van der Waals surface area contributed by atoms with Gasteiger partial charge in [0.15, 0.2) is 0 Å². The molecule has 0 aromatic heterocycles. The molecule has 0 aromatic rings. The fraction of sp³-hybridized carbons (Fsp3) is 1.00. The van der Waals surface area contributed by atoms with Crippen molar-refractivity contribution in [3.05, 3.63) is 0 Å². The molecule has 2 N–H and O–H groups in total. The van der Waals surface area contributed by atoms with Gasteiger partial charge in [0.1, 0.15) is 0 Å². The van der Waals surface area contributed by atoms with Gasteiger partial charge in [-0.25, -0.2) is 22.0 Å². The van der Waals surface area contributed by atoms with E-state index >= 15 is 0 Å². The van der Waals surface area contributed by atoms with Crippen LogP contribution in [-0.4, -0.2) is 40.1 Å². The molecule has 0 saturated carbocycles. The molecule has 0 aliphatic rings. The van der Waals surface area contributed by atoms with Crippen molar-refractivity contribution in [1.29, 1.82) is 0 Å². The second kappa shape index (κ2) is 9.73. The predicted molar refractivity (Wildman–Crippen MR) is 68.3 cm³/mol. The fourth-order valence-electron chi connectivity index (χ4n) is 0.483. The quantitative estimate of drug-likeness (QED) is 0.581. The van der Waals surface area contributed by atoms with E-state index in [-0.39, 0.29) is 11.5 Å². The molecule has 0 aliphatic carbocycles. The number of nitrogens with two attached hydrogens (primary N) is 1. The Labute approximate surface area is 111 Å². The summed E-state index contributed by atoms with van der Waals surface area (Å²) in [4.78, 5) is 0. The molecule has 0 amide bonds. The molecule has 0 aromatic carbocycles. The molecule has 0 fully saturated rings. The summed E-state index contributed by atoms with van der Waals surface area (Å²) in [6.45, 7) is 0. The lowest BCUT2D eigenvalue weighted by Gasteiger charge is -1.90. The SMILES string of the molecule is NS(=O)(=O)CCCCl.O=S(=O)(Cl)CCCCl. The second-order valence-corrected chi connectivity index (χ2v) is 8.08. The largest absolute Gasteiger partial charge is 0.232 e. The highest BCUT2D eigenvalue weighted by Crippen LogP contribution is 1.98. The van der Waals surface area contributed by atoms with Crippen molar-refractivity contribution in [2.75, 3.05) is 23.3 Å². The maximum atomic E-state index is 10.1. The fourth-order valence-corrected chi connectivity index (χ4v) is 2.43. The van der Waals surface area contributed by atoms with Gasteiger partial charge < -0.3 is 0 Å². The first kappa shape index (κ1) is 19.1. The standard InChI is InChI=1S/C3H6Cl2O2S.C3H8ClNO2S/c2*4-2-1-3-8(5,6)7/h1-3H2;1-3H2,(H2,5,6,7). The van der Waals surface area contributed by atoms with Gasteiger partial charge in [-0.2, -0.15) is 0 Å². The zero-order valence-corrected chi connectivity index (χ0v) is 12.3. The van der Waals surface area contributed by atoms with Crippen LogP contribution in [0.2, 0.25) is 0 Å². The van der Waals surface area contributed by atoms with Crippen molar-refractivity contribution < 1.29 is 16.8 Å². The molecule has 0 heterocycles. The molecule has 0 aliphatic heterocycles. The van der Waals surface area contributed by atoms with Crippen LogP contribution in [0, 0.1) is 0 Å². The smallest absolute Gasteiger partial charge is 0.229 e. The van der Waals surface area contributed by atoms with Gasteiger partial charge in [-0.3, -0.25) is 0 Å². The van der Waals surface area contributed by atoms with Crippen LogP contribution >= 0.6 is 33.9 Å². The lowest BCUT2D eigenvalue weighted by atomic mass is 10.6. The summed E-state index contributed by atoms with van der Waals surface area (Å²) in [6.07, 6.45) is 0.855. The van der Waals surface area contributed by atoms with Crippen molar-refractivity contribution >= 4 is 53.0 Å². The monoisotopic (exact) mass is 333 g/mol. The van der Waals surface area contributed by atoms with Crippen LogP contribution < -0.4 is 5.14 Å². The van der Waals surface area contributed by atoms with Crippen LogP contribution in [0.4, 0.5) is 0 Å². The Hall–Kier alpha value is 0.730. The first-order valence-corrected chi connectivity index (χ1v) is 9.43. The van der Waals surface area contributed by atoms with E-state index in [1.54, 1.807) is 0 Å². The maximum Gasteiger partial charge on any atom is 0.232 e. The summed E-state index contributed by atoms with van der Waals surface area (Å²) in [5, 5.41) is 4.64. The molecule has 10 heteroatoms. The zero-order valence-electron chi connectivity index (χ0n) is 8.40. The normalized spacial score (nSPS) is 11.8. The minimum atomic E-state index is -3.30. The number of halogens is 3. The molecule has 16 heavy (non-hydrogen) atoms. The number of alkyl halides is 2. The second-order valence-electron chi connectivity index (χ2n) is 2.70. The summed E-state index contributed by atoms with van der Waals surface area (Å²) in [7, 11) is -1.74. The van der Waals surface area contributed by atoms with Gasteiger partial charge in [-0.1, -0.05) is 0 Å². The van der Waals surface area contributed by atoms with E-state index in [9.17, 15) is 16.8 Å². The average Bonchev–Trinajstić information content (AvgIpc) is 2.10. The summed E-state index contributed by atoms with van der Waals surface area (Å²) in [5.41, 5.74) is 0. The van der Waals surface area contributed by atoms with Gasteiger partial charge >= 0.3 is 0 Å². The van der Waals surface area contributed by atoms with Gasteiger partial charge in [0, 0.05) is 22.4 Å². The maximum absolute atomic E-state index is 10.1. The molecule has 5 nitrogen and oxygen atoms in total. The van der Waals surface area contributed by atoms with Crippen LogP contribution in [0.3, 0.4) is 0 Å². The Bertz CT molecular complexity index is 318. The minimum absolute atomic E-state index is 0.0174. The number of sulfonamides is 1. The minimum Gasteiger partial charge on any atom is -0.229 e. The van der Waals surface area contributed by atoms with Gasteiger partial charge in [0.2, 0.25) is 19.1 Å². The average molecular weight is 335 g/mol. The first-order valence-electron chi connectivity index (χ1n) is 4.17. The molecule has 0 rings (SSSR count). The van der Waals surface area contributed by atoms with Crippen molar-refractivity contribution in [2.45, 2.75) is 12.8 Å². The third-order valence-electron chi connectivity index (χ3n) is 1.08. The lowest BCUT2D eigenvalue weighted by molar-refractivity contribution is 0.596.